The Kier molecular flexibility index (Phi) is 4.71. The summed E-state index contributed by atoms with van der Waals surface area (Å²) in [6.07, 6.45) is 3.74. The number of carbonyl (C=O) groups excluding carboxylic acids is 1. The third kappa shape index (κ3) is 3.21. The maximum absolute atomic E-state index is 12.5. The van der Waals surface area contributed by atoms with Crippen molar-refractivity contribution in [3.8, 4) is 0 Å². The molecular formula is C17H26N6O. The molecular weight excluding hydrogens is 304 g/mol. The summed E-state index contributed by atoms with van der Waals surface area (Å²) >= 11 is 0. The van der Waals surface area contributed by atoms with Crippen LogP contribution in [0.3, 0.4) is 0 Å². The van der Waals surface area contributed by atoms with Crippen LogP contribution < -0.4 is 5.32 Å². The van der Waals surface area contributed by atoms with Crippen LogP contribution in [0.15, 0.2) is 12.3 Å². The van der Waals surface area contributed by atoms with Crippen LogP contribution in [-0.4, -0.2) is 63.3 Å². The normalized spacial score (nSPS) is 16.5. The number of rotatable bonds is 3. The van der Waals surface area contributed by atoms with Gasteiger partial charge in [-0.15, -0.1) is 0 Å². The minimum atomic E-state index is -0.0763. The van der Waals surface area contributed by atoms with Crippen molar-refractivity contribution >= 4 is 22.8 Å². The number of anilines is 1. The molecule has 1 saturated heterocycles. The highest BCUT2D eigenvalue weighted by Crippen LogP contribution is 2.20. The Bertz CT molecular complexity index is 732. The van der Waals surface area contributed by atoms with Crippen LogP contribution >= 0.6 is 0 Å². The van der Waals surface area contributed by atoms with Crippen molar-refractivity contribution in [2.24, 2.45) is 7.05 Å². The Hall–Kier alpha value is -2.15. The van der Waals surface area contributed by atoms with Gasteiger partial charge < -0.3 is 15.1 Å². The summed E-state index contributed by atoms with van der Waals surface area (Å²) < 4.78 is 1.75. The van der Waals surface area contributed by atoms with Gasteiger partial charge in [0.2, 0.25) is 0 Å². The van der Waals surface area contributed by atoms with E-state index < -0.39 is 0 Å². The molecule has 1 aliphatic rings. The molecule has 130 valence electrons. The van der Waals surface area contributed by atoms with Crippen molar-refractivity contribution in [3.05, 3.63) is 18.0 Å². The van der Waals surface area contributed by atoms with Crippen LogP contribution in [0.4, 0.5) is 10.5 Å². The quantitative estimate of drug-likeness (QED) is 0.937. The first-order chi connectivity index (χ1) is 11.5. The van der Waals surface area contributed by atoms with Crippen molar-refractivity contribution in [2.45, 2.75) is 32.7 Å². The SMILES string of the molecule is CCN1CCC(N(C)C(=O)Nc2cnc3c(c2)c(C)nn3C)CC1. The molecule has 1 aliphatic heterocycles. The molecule has 0 atom stereocenters. The van der Waals surface area contributed by atoms with Crippen molar-refractivity contribution in [1.82, 2.24) is 24.6 Å². The maximum Gasteiger partial charge on any atom is 0.321 e. The van der Waals surface area contributed by atoms with Crippen LogP contribution in [0, 0.1) is 6.92 Å². The average molecular weight is 330 g/mol. The van der Waals surface area contributed by atoms with Crippen LogP contribution in [0.25, 0.3) is 11.0 Å². The third-order valence-electron chi connectivity index (χ3n) is 4.99. The minimum Gasteiger partial charge on any atom is -0.325 e. The molecule has 0 bridgehead atoms. The lowest BCUT2D eigenvalue weighted by Gasteiger charge is -2.36. The molecule has 1 N–H and O–H groups in total. The zero-order valence-corrected chi connectivity index (χ0v) is 14.9. The van der Waals surface area contributed by atoms with Crippen LogP contribution in [0.5, 0.6) is 0 Å². The number of piperidine rings is 1. The van der Waals surface area contributed by atoms with Crippen molar-refractivity contribution in [1.29, 1.82) is 0 Å². The Morgan fingerprint density at radius 1 is 1.42 bits per heavy atom. The smallest absolute Gasteiger partial charge is 0.321 e. The summed E-state index contributed by atoms with van der Waals surface area (Å²) in [6, 6.07) is 2.16. The van der Waals surface area contributed by atoms with Crippen molar-refractivity contribution in [2.75, 3.05) is 32.0 Å². The average Bonchev–Trinajstić information content (AvgIpc) is 2.88. The van der Waals surface area contributed by atoms with Gasteiger partial charge in [-0.1, -0.05) is 6.92 Å². The zero-order chi connectivity index (χ0) is 17.3. The molecule has 24 heavy (non-hydrogen) atoms. The van der Waals surface area contributed by atoms with Gasteiger partial charge >= 0.3 is 6.03 Å². The number of amides is 2. The number of nitrogens with zero attached hydrogens (tertiary/aromatic N) is 5. The van der Waals surface area contributed by atoms with Gasteiger partial charge in [0.25, 0.3) is 0 Å². The first kappa shape index (κ1) is 16.7. The highest BCUT2D eigenvalue weighted by Gasteiger charge is 2.24. The Labute approximate surface area is 142 Å². The second kappa shape index (κ2) is 6.76. The van der Waals surface area contributed by atoms with Crippen LogP contribution in [0.2, 0.25) is 0 Å². The molecule has 0 aromatic carbocycles. The number of likely N-dealkylation sites (tertiary alicyclic amines) is 1. The fourth-order valence-corrected chi connectivity index (χ4v) is 3.38. The molecule has 3 heterocycles. The molecule has 7 heteroatoms. The van der Waals surface area contributed by atoms with E-state index in [2.05, 4.69) is 27.2 Å². The summed E-state index contributed by atoms with van der Waals surface area (Å²) in [5, 5.41) is 8.29. The number of carbonyl (C=O) groups is 1. The Morgan fingerprint density at radius 3 is 2.79 bits per heavy atom. The number of pyridine rings is 1. The molecule has 2 amide bonds. The lowest BCUT2D eigenvalue weighted by atomic mass is 10.0. The molecule has 2 aromatic heterocycles. The lowest BCUT2D eigenvalue weighted by Crippen LogP contribution is -2.46. The highest BCUT2D eigenvalue weighted by molar-refractivity contribution is 5.92. The van der Waals surface area contributed by atoms with Crippen LogP contribution in [-0.2, 0) is 7.05 Å². The first-order valence-electron chi connectivity index (χ1n) is 8.55. The first-order valence-corrected chi connectivity index (χ1v) is 8.55. The van der Waals surface area contributed by atoms with Gasteiger partial charge in [-0.2, -0.15) is 5.10 Å². The van der Waals surface area contributed by atoms with E-state index in [0.717, 1.165) is 49.2 Å². The van der Waals surface area contributed by atoms with E-state index in [1.165, 1.54) is 0 Å². The van der Waals surface area contributed by atoms with Gasteiger partial charge in [0.15, 0.2) is 5.65 Å². The molecule has 0 spiro atoms. The fourth-order valence-electron chi connectivity index (χ4n) is 3.38. The van der Waals surface area contributed by atoms with Gasteiger partial charge in [0, 0.05) is 38.6 Å². The molecule has 2 aromatic rings. The molecule has 0 aliphatic carbocycles. The summed E-state index contributed by atoms with van der Waals surface area (Å²) in [5.41, 5.74) is 2.45. The summed E-state index contributed by atoms with van der Waals surface area (Å²) in [7, 11) is 3.75. The van der Waals surface area contributed by atoms with Gasteiger partial charge in [-0.3, -0.25) is 4.68 Å². The minimum absolute atomic E-state index is 0.0763. The molecule has 7 nitrogen and oxygen atoms in total. The van der Waals surface area contributed by atoms with Gasteiger partial charge in [-0.25, -0.2) is 9.78 Å². The number of hydrogen-bond donors (Lipinski definition) is 1. The molecule has 3 rings (SSSR count). The fraction of sp³-hybridized carbons (Fsp3) is 0.588. The zero-order valence-electron chi connectivity index (χ0n) is 14.9. The van der Waals surface area contributed by atoms with Crippen molar-refractivity contribution < 1.29 is 4.79 Å². The molecule has 0 saturated carbocycles. The standard InChI is InChI=1S/C17H26N6O/c1-5-23-8-6-14(7-9-23)21(3)17(24)19-13-10-15-12(2)20-22(4)16(15)18-11-13/h10-11,14H,5-9H2,1-4H3,(H,19,24). The summed E-state index contributed by atoms with van der Waals surface area (Å²) in [5.74, 6) is 0. The predicted octanol–water partition coefficient (Wildman–Crippen LogP) is 2.22. The summed E-state index contributed by atoms with van der Waals surface area (Å²) in [4.78, 5) is 21.2. The number of urea groups is 1. The van der Waals surface area contributed by atoms with E-state index in [1.54, 1.807) is 10.9 Å². The largest absolute Gasteiger partial charge is 0.325 e. The van der Waals surface area contributed by atoms with Crippen LogP contribution in [0.1, 0.15) is 25.5 Å². The van der Waals surface area contributed by atoms with Gasteiger partial charge in [0.1, 0.15) is 0 Å². The Balaban J connectivity index is 1.67. The molecule has 0 unspecified atom stereocenters. The molecule has 0 radical (unpaired) electrons. The number of hydrogen-bond acceptors (Lipinski definition) is 4. The number of aromatic nitrogens is 3. The highest BCUT2D eigenvalue weighted by atomic mass is 16.2. The van der Waals surface area contributed by atoms with E-state index in [4.69, 9.17) is 0 Å². The van der Waals surface area contributed by atoms with E-state index in [0.29, 0.717) is 11.7 Å². The van der Waals surface area contributed by atoms with E-state index >= 15 is 0 Å². The number of nitrogens with one attached hydrogen (secondary N) is 1. The number of aryl methyl sites for hydroxylation is 2. The van der Waals surface area contributed by atoms with E-state index in [1.807, 2.05) is 32.0 Å². The van der Waals surface area contributed by atoms with Gasteiger partial charge in [-0.05, 0) is 32.4 Å². The van der Waals surface area contributed by atoms with Gasteiger partial charge in [0.05, 0.1) is 17.6 Å². The van der Waals surface area contributed by atoms with E-state index in [9.17, 15) is 4.79 Å². The van der Waals surface area contributed by atoms with E-state index in [-0.39, 0.29) is 6.03 Å². The second-order valence-corrected chi connectivity index (χ2v) is 6.51. The number of fused-ring (bicyclic) bond motifs is 1. The predicted molar refractivity (Wildman–Crippen MR) is 95.2 cm³/mol. The Morgan fingerprint density at radius 2 is 2.12 bits per heavy atom. The molecule has 1 fully saturated rings. The lowest BCUT2D eigenvalue weighted by molar-refractivity contribution is 0.145. The maximum atomic E-state index is 12.5. The third-order valence-corrected chi connectivity index (χ3v) is 4.99. The summed E-state index contributed by atoms with van der Waals surface area (Å²) in [6.45, 7) is 7.32. The second-order valence-electron chi connectivity index (χ2n) is 6.51. The monoisotopic (exact) mass is 330 g/mol. The topological polar surface area (TPSA) is 66.3 Å². The van der Waals surface area contributed by atoms with Crippen molar-refractivity contribution in [3.63, 3.8) is 0 Å².